The molecule has 5 heavy (non-hydrogen) atoms. The van der Waals surface area contributed by atoms with E-state index < -0.39 is 6.08 Å². The first-order chi connectivity index (χ1) is 1.73. The van der Waals surface area contributed by atoms with E-state index in [1.807, 2.05) is 0 Å². The van der Waals surface area contributed by atoms with E-state index in [1.165, 1.54) is 0 Å². The minimum absolute atomic E-state index is 0. The molecule has 0 aromatic heterocycles. The molecule has 0 atom stereocenters. The van der Waals surface area contributed by atoms with Crippen LogP contribution < -0.4 is 18.9 Å². The van der Waals surface area contributed by atoms with Crippen LogP contribution in [0.25, 0.3) is 0 Å². The van der Waals surface area contributed by atoms with Crippen LogP contribution in [0.4, 0.5) is 8.78 Å². The van der Waals surface area contributed by atoms with Crippen LogP contribution in [-0.2, 0) is 0 Å². The normalized spacial score (nSPS) is 5.20. The Hall–Kier alpha value is 0.197. The van der Waals surface area contributed by atoms with E-state index in [2.05, 4.69) is 6.58 Å². The van der Waals surface area contributed by atoms with Crippen LogP contribution in [0.1, 0.15) is 1.43 Å². The summed E-state index contributed by atoms with van der Waals surface area (Å²) in [5.74, 6) is 0. The Morgan fingerprint density at radius 1 is 1.60 bits per heavy atom. The van der Waals surface area contributed by atoms with Crippen LogP contribution in [0.3, 0.4) is 0 Å². The molecule has 0 nitrogen and oxygen atoms in total. The molecule has 0 saturated carbocycles. The van der Waals surface area contributed by atoms with Crippen molar-refractivity contribution >= 4 is 0 Å². The molecule has 0 aromatic rings. The molecular formula is C2H3F2Li. The number of hydrogen-bond donors (Lipinski definition) is 0. The zero-order chi connectivity index (χ0) is 3.58. The van der Waals surface area contributed by atoms with Crippen molar-refractivity contribution in [3.63, 3.8) is 0 Å². The molecule has 0 rings (SSSR count). The van der Waals surface area contributed by atoms with Gasteiger partial charge in [0.2, 0.25) is 0 Å². The average Bonchev–Trinajstić information content (AvgIpc) is 0.811. The average molecular weight is 72.0 g/mol. The van der Waals surface area contributed by atoms with Gasteiger partial charge in [0, 0.05) is 0 Å². The summed E-state index contributed by atoms with van der Waals surface area (Å²) in [6.45, 7) is 2.22. The van der Waals surface area contributed by atoms with Gasteiger partial charge >= 0.3 is 18.9 Å². The maximum atomic E-state index is 10.1. The molecule has 0 bridgehead atoms. The van der Waals surface area contributed by atoms with Crippen LogP contribution in [0.2, 0.25) is 0 Å². The smallest absolute Gasteiger partial charge is 1.00 e. The molecule has 0 unspecified atom stereocenters. The van der Waals surface area contributed by atoms with Crippen molar-refractivity contribution in [2.75, 3.05) is 0 Å². The summed E-state index contributed by atoms with van der Waals surface area (Å²) in [5.41, 5.74) is 0. The fourth-order valence-electron chi connectivity index (χ4n) is 0. The fraction of sp³-hybridized carbons (Fsp3) is 0. The third kappa shape index (κ3) is 520. The van der Waals surface area contributed by atoms with E-state index in [9.17, 15) is 8.78 Å². The summed E-state index contributed by atoms with van der Waals surface area (Å²) in [5, 5.41) is 0. The zero-order valence-electron chi connectivity index (χ0n) is 3.96. The van der Waals surface area contributed by atoms with E-state index in [4.69, 9.17) is 0 Å². The fourth-order valence-corrected chi connectivity index (χ4v) is 0. The second kappa shape index (κ2) is 4.20. The minimum atomic E-state index is -1.83. The third-order valence-electron chi connectivity index (χ3n) is 0. The van der Waals surface area contributed by atoms with Gasteiger partial charge in [0.25, 0.3) is 6.08 Å². The monoisotopic (exact) mass is 72.0 g/mol. The molecular weight excluding hydrogens is 69.0 g/mol. The van der Waals surface area contributed by atoms with Crippen molar-refractivity contribution in [2.24, 2.45) is 0 Å². The molecule has 0 amide bonds. The van der Waals surface area contributed by atoms with Gasteiger partial charge in [0.1, 0.15) is 0 Å². The van der Waals surface area contributed by atoms with Crippen molar-refractivity contribution < 1.29 is 29.1 Å². The second-order valence-corrected chi connectivity index (χ2v) is 0.339. The molecule has 0 radical (unpaired) electrons. The first-order valence-electron chi connectivity index (χ1n) is 0.732. The molecule has 0 aliphatic rings. The number of hydrogen-bond acceptors (Lipinski definition) is 0. The van der Waals surface area contributed by atoms with Gasteiger partial charge in [-0.15, -0.1) is 0 Å². The van der Waals surface area contributed by atoms with E-state index >= 15 is 0 Å². The van der Waals surface area contributed by atoms with Crippen molar-refractivity contribution in [3.8, 4) is 0 Å². The Bertz CT molecular complexity index is 34.5. The maximum absolute atomic E-state index is 10.1. The van der Waals surface area contributed by atoms with Gasteiger partial charge in [-0.1, -0.05) is 0 Å². The molecule has 0 fully saturated rings. The van der Waals surface area contributed by atoms with Crippen LogP contribution >= 0.6 is 0 Å². The Morgan fingerprint density at radius 2 is 1.60 bits per heavy atom. The van der Waals surface area contributed by atoms with Gasteiger partial charge in [0.05, 0.1) is 0 Å². The van der Waals surface area contributed by atoms with E-state index in [1.54, 1.807) is 0 Å². The first-order valence-corrected chi connectivity index (χ1v) is 0.732. The Morgan fingerprint density at radius 3 is 1.60 bits per heavy atom. The summed E-state index contributed by atoms with van der Waals surface area (Å²) in [6.07, 6.45) is -1.83. The first kappa shape index (κ1) is 8.96. The zero-order valence-corrected chi connectivity index (χ0v) is 2.96. The van der Waals surface area contributed by atoms with Crippen molar-refractivity contribution in [1.29, 1.82) is 0 Å². The van der Waals surface area contributed by atoms with E-state index in [-0.39, 0.29) is 20.3 Å². The van der Waals surface area contributed by atoms with Crippen LogP contribution in [0.15, 0.2) is 12.7 Å². The molecule has 0 aliphatic carbocycles. The molecule has 26 valence electrons. The van der Waals surface area contributed by atoms with Crippen molar-refractivity contribution in [2.45, 2.75) is 0 Å². The van der Waals surface area contributed by atoms with Gasteiger partial charge in [0.15, 0.2) is 0 Å². The number of halogens is 2. The standard InChI is InChI=1S/C2H2F2.Li.H/c1-2(3)4;;/h1H2;;/q;+1;-1. The largest absolute Gasteiger partial charge is 1.00 e. The summed E-state index contributed by atoms with van der Waals surface area (Å²) < 4.78 is 20.3. The predicted octanol–water partition coefficient (Wildman–Crippen LogP) is -1.49. The number of rotatable bonds is 0. The maximum Gasteiger partial charge on any atom is 1.00 e. The second-order valence-electron chi connectivity index (χ2n) is 0.339. The van der Waals surface area contributed by atoms with Gasteiger partial charge in [-0.3, -0.25) is 0 Å². The Kier molecular flexibility index (Phi) is 7.52. The quantitative estimate of drug-likeness (QED) is 0.306. The third-order valence-corrected chi connectivity index (χ3v) is 0. The summed E-state index contributed by atoms with van der Waals surface area (Å²) in [6, 6.07) is 0. The molecule has 0 saturated heterocycles. The van der Waals surface area contributed by atoms with Crippen molar-refractivity contribution in [3.05, 3.63) is 12.7 Å². The van der Waals surface area contributed by atoms with Gasteiger partial charge in [-0.2, -0.15) is 8.78 Å². The van der Waals surface area contributed by atoms with Crippen LogP contribution in [-0.4, -0.2) is 0 Å². The Labute approximate surface area is 42.5 Å². The van der Waals surface area contributed by atoms with Crippen LogP contribution in [0.5, 0.6) is 0 Å². The van der Waals surface area contributed by atoms with Gasteiger partial charge in [-0.05, 0) is 6.58 Å². The van der Waals surface area contributed by atoms with Crippen LogP contribution in [0, 0.1) is 0 Å². The van der Waals surface area contributed by atoms with Gasteiger partial charge < -0.3 is 1.43 Å². The molecule has 0 aromatic carbocycles. The van der Waals surface area contributed by atoms with Crippen molar-refractivity contribution in [1.82, 2.24) is 0 Å². The molecule has 0 N–H and O–H groups in total. The Balaban J connectivity index is -0.0000000450. The molecule has 0 heterocycles. The van der Waals surface area contributed by atoms with E-state index in [0.29, 0.717) is 0 Å². The summed E-state index contributed by atoms with van der Waals surface area (Å²) >= 11 is 0. The van der Waals surface area contributed by atoms with Gasteiger partial charge in [-0.25, -0.2) is 0 Å². The predicted molar refractivity (Wildman–Crippen MR) is 12.5 cm³/mol. The summed E-state index contributed by atoms with van der Waals surface area (Å²) in [7, 11) is 0. The van der Waals surface area contributed by atoms with E-state index in [0.717, 1.165) is 0 Å². The summed E-state index contributed by atoms with van der Waals surface area (Å²) in [4.78, 5) is 0. The molecule has 0 aliphatic heterocycles. The SMILES string of the molecule is C=C(F)F.[H-].[Li+]. The molecule has 0 spiro atoms. The topological polar surface area (TPSA) is 0 Å². The minimum Gasteiger partial charge on any atom is -1.00 e. The molecule has 3 heteroatoms.